The highest BCUT2D eigenvalue weighted by Crippen LogP contribution is 2.40. The highest BCUT2D eigenvalue weighted by Gasteiger charge is 2.33. The Morgan fingerprint density at radius 1 is 1.00 bits per heavy atom. The standard InChI is InChI=1S/C22H24N2O5S/c1-26-11-10-24-21(25)20(30-22(24)23-15-8-6-5-7-9-15)14-17-18(28-3)12-16(27-2)13-19(17)29-4/h5-9,12-14H,10-11H2,1-4H3/b20-14+,23-22?. The minimum atomic E-state index is -0.147. The monoisotopic (exact) mass is 428 g/mol. The highest BCUT2D eigenvalue weighted by atomic mass is 32.2. The Morgan fingerprint density at radius 3 is 2.23 bits per heavy atom. The van der Waals surface area contributed by atoms with Gasteiger partial charge in [0.2, 0.25) is 0 Å². The van der Waals surface area contributed by atoms with Crippen LogP contribution in [0.2, 0.25) is 0 Å². The van der Waals surface area contributed by atoms with Gasteiger partial charge in [-0.25, -0.2) is 4.99 Å². The molecule has 30 heavy (non-hydrogen) atoms. The van der Waals surface area contributed by atoms with E-state index in [0.29, 0.717) is 46.0 Å². The van der Waals surface area contributed by atoms with E-state index in [-0.39, 0.29) is 5.91 Å². The number of hydrogen-bond acceptors (Lipinski definition) is 7. The van der Waals surface area contributed by atoms with Crippen molar-refractivity contribution in [1.82, 2.24) is 4.90 Å². The van der Waals surface area contributed by atoms with Crippen LogP contribution in [0.25, 0.3) is 6.08 Å². The molecule has 0 bridgehead atoms. The van der Waals surface area contributed by atoms with Crippen LogP contribution in [-0.2, 0) is 9.53 Å². The first kappa shape index (κ1) is 21.7. The van der Waals surface area contributed by atoms with Crippen LogP contribution in [0, 0.1) is 0 Å². The summed E-state index contributed by atoms with van der Waals surface area (Å²) in [5.41, 5.74) is 1.43. The molecule has 8 heteroatoms. The first-order chi connectivity index (χ1) is 14.6. The molecule has 1 aliphatic heterocycles. The van der Waals surface area contributed by atoms with Gasteiger partial charge in [-0.15, -0.1) is 0 Å². The summed E-state index contributed by atoms with van der Waals surface area (Å²) in [7, 11) is 6.30. The number of benzene rings is 2. The molecule has 1 aliphatic rings. The molecule has 0 aromatic heterocycles. The molecule has 1 amide bonds. The number of para-hydroxylation sites is 1. The maximum absolute atomic E-state index is 13.1. The second-order valence-electron chi connectivity index (χ2n) is 6.24. The van der Waals surface area contributed by atoms with E-state index in [9.17, 15) is 4.79 Å². The molecule has 2 aromatic carbocycles. The minimum absolute atomic E-state index is 0.147. The quantitative estimate of drug-likeness (QED) is 0.593. The lowest BCUT2D eigenvalue weighted by atomic mass is 10.1. The Hall–Kier alpha value is -2.97. The van der Waals surface area contributed by atoms with E-state index >= 15 is 0 Å². The molecule has 0 saturated carbocycles. The van der Waals surface area contributed by atoms with Gasteiger partial charge in [-0.2, -0.15) is 0 Å². The van der Waals surface area contributed by atoms with Gasteiger partial charge in [0.05, 0.1) is 50.6 Å². The summed E-state index contributed by atoms with van der Waals surface area (Å²) in [5.74, 6) is 1.55. The maximum atomic E-state index is 13.1. The fourth-order valence-electron chi connectivity index (χ4n) is 2.89. The molecule has 0 N–H and O–H groups in total. The van der Waals surface area contributed by atoms with Gasteiger partial charge >= 0.3 is 0 Å². The zero-order valence-electron chi connectivity index (χ0n) is 17.4. The molecule has 0 radical (unpaired) electrons. The number of carbonyl (C=O) groups is 1. The smallest absolute Gasteiger partial charge is 0.266 e. The number of amidine groups is 1. The molecule has 0 atom stereocenters. The van der Waals surface area contributed by atoms with Crippen molar-refractivity contribution in [2.45, 2.75) is 0 Å². The largest absolute Gasteiger partial charge is 0.496 e. The SMILES string of the molecule is COCCN1C(=O)/C(=C\c2c(OC)cc(OC)cc2OC)SC1=Nc1ccccc1. The first-order valence-corrected chi connectivity index (χ1v) is 10.1. The summed E-state index contributed by atoms with van der Waals surface area (Å²) in [5, 5.41) is 0.598. The number of thioether (sulfide) groups is 1. The van der Waals surface area contributed by atoms with Crippen molar-refractivity contribution in [2.75, 3.05) is 41.6 Å². The van der Waals surface area contributed by atoms with Gasteiger partial charge in [0.15, 0.2) is 5.17 Å². The fourth-order valence-corrected chi connectivity index (χ4v) is 3.90. The number of ether oxygens (including phenoxy) is 4. The molecular formula is C22H24N2O5S. The molecule has 2 aromatic rings. The van der Waals surface area contributed by atoms with E-state index in [1.165, 1.54) is 11.8 Å². The molecule has 1 fully saturated rings. The third kappa shape index (κ3) is 4.77. The average molecular weight is 429 g/mol. The molecule has 158 valence electrons. The molecule has 7 nitrogen and oxygen atoms in total. The van der Waals surface area contributed by atoms with E-state index in [1.807, 2.05) is 30.3 Å². The van der Waals surface area contributed by atoms with Gasteiger partial charge in [0.1, 0.15) is 17.2 Å². The van der Waals surface area contributed by atoms with E-state index in [0.717, 1.165) is 5.69 Å². The van der Waals surface area contributed by atoms with Crippen LogP contribution in [0.5, 0.6) is 17.2 Å². The van der Waals surface area contributed by atoms with Gasteiger partial charge < -0.3 is 18.9 Å². The predicted octanol–water partition coefficient (Wildman–Crippen LogP) is 3.96. The summed E-state index contributed by atoms with van der Waals surface area (Å²) in [4.78, 5) is 19.9. The van der Waals surface area contributed by atoms with E-state index in [2.05, 4.69) is 4.99 Å². The number of hydrogen-bond donors (Lipinski definition) is 0. The summed E-state index contributed by atoms with van der Waals surface area (Å²) >= 11 is 1.30. The third-order valence-corrected chi connectivity index (χ3v) is 5.42. The lowest BCUT2D eigenvalue weighted by Gasteiger charge is -2.15. The van der Waals surface area contributed by atoms with Crippen molar-refractivity contribution in [3.05, 3.63) is 52.9 Å². The van der Waals surface area contributed by atoms with Crippen LogP contribution in [-0.4, -0.2) is 57.6 Å². The van der Waals surface area contributed by atoms with Gasteiger partial charge in [0.25, 0.3) is 5.91 Å². The number of methoxy groups -OCH3 is 4. The topological polar surface area (TPSA) is 69.6 Å². The van der Waals surface area contributed by atoms with Crippen LogP contribution in [0.15, 0.2) is 52.4 Å². The lowest BCUT2D eigenvalue weighted by Crippen LogP contribution is -2.32. The van der Waals surface area contributed by atoms with E-state index in [4.69, 9.17) is 18.9 Å². The zero-order valence-corrected chi connectivity index (χ0v) is 18.2. The van der Waals surface area contributed by atoms with Crippen molar-refractivity contribution >= 4 is 34.6 Å². The summed E-state index contributed by atoms with van der Waals surface area (Å²) in [6, 6.07) is 13.0. The normalized spacial score (nSPS) is 16.4. The number of carbonyl (C=O) groups excluding carboxylic acids is 1. The summed E-state index contributed by atoms with van der Waals surface area (Å²) in [6.45, 7) is 0.810. The van der Waals surface area contributed by atoms with Crippen LogP contribution >= 0.6 is 11.8 Å². The molecular weight excluding hydrogens is 404 g/mol. The number of nitrogens with zero attached hydrogens (tertiary/aromatic N) is 2. The van der Waals surface area contributed by atoms with Crippen molar-refractivity contribution in [2.24, 2.45) is 4.99 Å². The van der Waals surface area contributed by atoms with Crippen LogP contribution in [0.4, 0.5) is 5.69 Å². The number of aliphatic imine (C=N–C) groups is 1. The molecule has 1 heterocycles. The molecule has 1 saturated heterocycles. The van der Waals surface area contributed by atoms with Gasteiger partial charge in [-0.3, -0.25) is 9.69 Å². The molecule has 0 unspecified atom stereocenters. The van der Waals surface area contributed by atoms with Gasteiger partial charge in [0, 0.05) is 19.2 Å². The second kappa shape index (κ2) is 10.2. The predicted molar refractivity (Wildman–Crippen MR) is 119 cm³/mol. The Balaban J connectivity index is 2.03. The van der Waals surface area contributed by atoms with E-state index in [1.54, 1.807) is 51.5 Å². The third-order valence-electron chi connectivity index (χ3n) is 4.42. The molecule has 0 spiro atoms. The Kier molecular flexibility index (Phi) is 7.37. The van der Waals surface area contributed by atoms with Gasteiger partial charge in [-0.05, 0) is 30.0 Å². The maximum Gasteiger partial charge on any atom is 0.266 e. The minimum Gasteiger partial charge on any atom is -0.496 e. The van der Waals surface area contributed by atoms with Crippen molar-refractivity contribution in [1.29, 1.82) is 0 Å². The first-order valence-electron chi connectivity index (χ1n) is 9.25. The number of rotatable bonds is 8. The summed E-state index contributed by atoms with van der Waals surface area (Å²) < 4.78 is 21.5. The van der Waals surface area contributed by atoms with Crippen molar-refractivity contribution in [3.63, 3.8) is 0 Å². The zero-order chi connectivity index (χ0) is 21.5. The number of amides is 1. The van der Waals surface area contributed by atoms with Crippen molar-refractivity contribution < 1.29 is 23.7 Å². The van der Waals surface area contributed by atoms with Crippen LogP contribution in [0.1, 0.15) is 5.56 Å². The average Bonchev–Trinajstić information content (AvgIpc) is 3.06. The van der Waals surface area contributed by atoms with Gasteiger partial charge in [-0.1, -0.05) is 18.2 Å². The molecule has 0 aliphatic carbocycles. The second-order valence-corrected chi connectivity index (χ2v) is 7.24. The van der Waals surface area contributed by atoms with Crippen molar-refractivity contribution in [3.8, 4) is 17.2 Å². The highest BCUT2D eigenvalue weighted by molar-refractivity contribution is 8.18. The summed E-state index contributed by atoms with van der Waals surface area (Å²) in [6.07, 6.45) is 1.76. The van der Waals surface area contributed by atoms with Crippen LogP contribution < -0.4 is 14.2 Å². The van der Waals surface area contributed by atoms with Crippen LogP contribution in [0.3, 0.4) is 0 Å². The fraction of sp³-hybridized carbons (Fsp3) is 0.273. The molecule has 3 rings (SSSR count). The van der Waals surface area contributed by atoms with E-state index < -0.39 is 0 Å². The Labute approximate surface area is 180 Å². The Morgan fingerprint density at radius 2 is 1.67 bits per heavy atom. The lowest BCUT2D eigenvalue weighted by molar-refractivity contribution is -0.122. The Bertz CT molecular complexity index is 934.